The lowest BCUT2D eigenvalue weighted by atomic mass is 10.2. The van der Waals surface area contributed by atoms with Crippen LogP contribution in [-0.4, -0.2) is 31.4 Å². The van der Waals surface area contributed by atoms with Crippen molar-refractivity contribution in [2.75, 3.05) is 20.3 Å². The molecule has 3 nitrogen and oxygen atoms in total. The van der Waals surface area contributed by atoms with Crippen molar-refractivity contribution in [2.45, 2.75) is 18.9 Å². The third-order valence-electron chi connectivity index (χ3n) is 2.87. The van der Waals surface area contributed by atoms with Gasteiger partial charge < -0.3 is 14.8 Å². The maximum absolute atomic E-state index is 5.53. The number of thiocarbonyl (C=S) groups is 1. The monoisotopic (exact) mass is 251 g/mol. The first-order chi connectivity index (χ1) is 8.29. The topological polar surface area (TPSA) is 30.5 Å². The molecule has 1 atom stereocenters. The number of ether oxygens (including phenoxy) is 2. The molecule has 0 unspecified atom stereocenters. The maximum Gasteiger partial charge on any atom is 0.118 e. The molecule has 0 radical (unpaired) electrons. The van der Waals surface area contributed by atoms with Gasteiger partial charge >= 0.3 is 0 Å². The van der Waals surface area contributed by atoms with E-state index in [1.54, 1.807) is 7.11 Å². The molecule has 0 aliphatic carbocycles. The molecule has 17 heavy (non-hydrogen) atoms. The normalized spacial score (nSPS) is 19.0. The summed E-state index contributed by atoms with van der Waals surface area (Å²) in [6, 6.07) is 7.75. The molecular weight excluding hydrogens is 234 g/mol. The van der Waals surface area contributed by atoms with Gasteiger partial charge in [-0.15, -0.1) is 0 Å². The Morgan fingerprint density at radius 1 is 1.47 bits per heavy atom. The van der Waals surface area contributed by atoms with Gasteiger partial charge in [-0.3, -0.25) is 0 Å². The van der Waals surface area contributed by atoms with Gasteiger partial charge in [0.15, 0.2) is 0 Å². The number of hydrogen-bond acceptors (Lipinski definition) is 3. The van der Waals surface area contributed by atoms with Gasteiger partial charge in [0.05, 0.1) is 13.2 Å². The molecule has 1 heterocycles. The maximum atomic E-state index is 5.53. The Morgan fingerprint density at radius 2 is 2.24 bits per heavy atom. The van der Waals surface area contributed by atoms with E-state index in [2.05, 4.69) is 5.32 Å². The minimum absolute atomic E-state index is 0.311. The smallest absolute Gasteiger partial charge is 0.118 e. The zero-order valence-corrected chi connectivity index (χ0v) is 10.8. The van der Waals surface area contributed by atoms with Gasteiger partial charge in [-0.2, -0.15) is 0 Å². The molecule has 1 aliphatic rings. The molecule has 1 aromatic rings. The molecule has 1 aromatic carbocycles. The Bertz CT molecular complexity index is 372. The van der Waals surface area contributed by atoms with Gasteiger partial charge in [-0.1, -0.05) is 12.2 Å². The molecule has 0 saturated carbocycles. The Balaban J connectivity index is 1.85. The van der Waals surface area contributed by atoms with Crippen molar-refractivity contribution in [3.05, 3.63) is 29.8 Å². The van der Waals surface area contributed by atoms with Gasteiger partial charge in [-0.05, 0) is 37.1 Å². The molecule has 0 bridgehead atoms. The van der Waals surface area contributed by atoms with Crippen molar-refractivity contribution in [3.63, 3.8) is 0 Å². The summed E-state index contributed by atoms with van der Waals surface area (Å²) in [5, 5.41) is 3.24. The summed E-state index contributed by atoms with van der Waals surface area (Å²) >= 11 is 5.33. The number of nitrogens with one attached hydrogen (secondary N) is 1. The van der Waals surface area contributed by atoms with Crippen LogP contribution in [0, 0.1) is 0 Å². The molecule has 1 N–H and O–H groups in total. The second-order valence-corrected chi connectivity index (χ2v) is 4.48. The predicted molar refractivity (Wildman–Crippen MR) is 71.7 cm³/mol. The number of rotatable bonds is 4. The summed E-state index contributed by atoms with van der Waals surface area (Å²) in [6.45, 7) is 1.67. The number of methoxy groups -OCH3 is 1. The van der Waals surface area contributed by atoms with Gasteiger partial charge in [0.25, 0.3) is 0 Å². The quantitative estimate of drug-likeness (QED) is 0.831. The zero-order chi connectivity index (χ0) is 12.1. The van der Waals surface area contributed by atoms with Crippen molar-refractivity contribution >= 4 is 17.2 Å². The van der Waals surface area contributed by atoms with E-state index in [-0.39, 0.29) is 0 Å². The minimum Gasteiger partial charge on any atom is -0.497 e. The van der Waals surface area contributed by atoms with Crippen LogP contribution in [0.25, 0.3) is 0 Å². The molecule has 1 saturated heterocycles. The fraction of sp³-hybridized carbons (Fsp3) is 0.462. The van der Waals surface area contributed by atoms with Gasteiger partial charge in [0.2, 0.25) is 0 Å². The first-order valence-electron chi connectivity index (χ1n) is 5.83. The van der Waals surface area contributed by atoms with E-state index in [4.69, 9.17) is 21.7 Å². The average molecular weight is 251 g/mol. The lowest BCUT2D eigenvalue weighted by molar-refractivity contribution is 0.114. The number of hydrogen-bond donors (Lipinski definition) is 1. The first kappa shape index (κ1) is 12.3. The SMILES string of the molecule is COc1ccc(C(=S)NC[C@@H]2CCCO2)cc1. The highest BCUT2D eigenvalue weighted by molar-refractivity contribution is 7.80. The number of benzene rings is 1. The summed E-state index contributed by atoms with van der Waals surface area (Å²) in [5.74, 6) is 0.843. The molecule has 92 valence electrons. The fourth-order valence-corrected chi connectivity index (χ4v) is 2.08. The van der Waals surface area contributed by atoms with Crippen LogP contribution in [0.15, 0.2) is 24.3 Å². The Hall–Kier alpha value is -1.13. The van der Waals surface area contributed by atoms with Crippen molar-refractivity contribution in [1.82, 2.24) is 5.32 Å². The third-order valence-corrected chi connectivity index (χ3v) is 3.25. The third kappa shape index (κ3) is 3.41. The van der Waals surface area contributed by atoms with Crippen LogP contribution in [0.1, 0.15) is 18.4 Å². The molecular formula is C13H17NO2S. The van der Waals surface area contributed by atoms with E-state index in [0.717, 1.165) is 42.3 Å². The summed E-state index contributed by atoms with van der Waals surface area (Å²) in [5.41, 5.74) is 1.01. The lowest BCUT2D eigenvalue weighted by Gasteiger charge is -2.12. The van der Waals surface area contributed by atoms with E-state index in [1.807, 2.05) is 24.3 Å². The fourth-order valence-electron chi connectivity index (χ4n) is 1.86. The van der Waals surface area contributed by atoms with E-state index < -0.39 is 0 Å². The summed E-state index contributed by atoms with van der Waals surface area (Å²) in [6.07, 6.45) is 2.59. The van der Waals surface area contributed by atoms with Crippen LogP contribution in [0.2, 0.25) is 0 Å². The molecule has 2 rings (SSSR count). The molecule has 1 aliphatic heterocycles. The first-order valence-corrected chi connectivity index (χ1v) is 6.24. The molecule has 1 fully saturated rings. The zero-order valence-electron chi connectivity index (χ0n) is 9.94. The van der Waals surface area contributed by atoms with E-state index in [0.29, 0.717) is 6.10 Å². The van der Waals surface area contributed by atoms with Gasteiger partial charge in [0, 0.05) is 18.7 Å². The van der Waals surface area contributed by atoms with Crippen LogP contribution >= 0.6 is 12.2 Å². The minimum atomic E-state index is 0.311. The Labute approximate surface area is 107 Å². The largest absolute Gasteiger partial charge is 0.497 e. The van der Waals surface area contributed by atoms with Crippen LogP contribution < -0.4 is 10.1 Å². The van der Waals surface area contributed by atoms with Gasteiger partial charge in [0.1, 0.15) is 10.7 Å². The second kappa shape index (κ2) is 5.98. The summed E-state index contributed by atoms with van der Waals surface area (Å²) in [7, 11) is 1.66. The predicted octanol–water partition coefficient (Wildman–Crippen LogP) is 2.14. The van der Waals surface area contributed by atoms with Crippen LogP contribution in [0.4, 0.5) is 0 Å². The van der Waals surface area contributed by atoms with E-state index in [9.17, 15) is 0 Å². The standard InChI is InChI=1S/C13H17NO2S/c1-15-11-6-4-10(5-7-11)13(17)14-9-12-3-2-8-16-12/h4-7,12H,2-3,8-9H2,1H3,(H,14,17)/t12-/m0/s1. The highest BCUT2D eigenvalue weighted by Gasteiger charge is 2.15. The van der Waals surface area contributed by atoms with Crippen molar-refractivity contribution in [2.24, 2.45) is 0 Å². The molecule has 0 amide bonds. The van der Waals surface area contributed by atoms with Crippen molar-refractivity contribution in [1.29, 1.82) is 0 Å². The molecule has 0 aromatic heterocycles. The second-order valence-electron chi connectivity index (χ2n) is 4.07. The Kier molecular flexibility index (Phi) is 4.34. The van der Waals surface area contributed by atoms with E-state index >= 15 is 0 Å². The highest BCUT2D eigenvalue weighted by Crippen LogP contribution is 2.13. The Morgan fingerprint density at radius 3 is 2.82 bits per heavy atom. The van der Waals surface area contributed by atoms with Crippen molar-refractivity contribution in [3.8, 4) is 5.75 Å². The average Bonchev–Trinajstić information content (AvgIpc) is 2.89. The van der Waals surface area contributed by atoms with Crippen LogP contribution in [-0.2, 0) is 4.74 Å². The van der Waals surface area contributed by atoms with Gasteiger partial charge in [-0.25, -0.2) is 0 Å². The molecule has 4 heteroatoms. The lowest BCUT2D eigenvalue weighted by Crippen LogP contribution is -2.31. The summed E-state index contributed by atoms with van der Waals surface area (Å²) < 4.78 is 10.6. The highest BCUT2D eigenvalue weighted by atomic mass is 32.1. The van der Waals surface area contributed by atoms with Crippen LogP contribution in [0.3, 0.4) is 0 Å². The van der Waals surface area contributed by atoms with Crippen molar-refractivity contribution < 1.29 is 9.47 Å². The van der Waals surface area contributed by atoms with Crippen LogP contribution in [0.5, 0.6) is 5.75 Å². The summed E-state index contributed by atoms with van der Waals surface area (Å²) in [4.78, 5) is 0.767. The molecule has 0 spiro atoms. The van der Waals surface area contributed by atoms with E-state index in [1.165, 1.54) is 0 Å².